The highest BCUT2D eigenvalue weighted by Crippen LogP contribution is 2.47. The number of rotatable bonds is 8. The monoisotopic (exact) mass is 648 g/mol. The lowest BCUT2D eigenvalue weighted by atomic mass is 9.98. The van der Waals surface area contributed by atoms with E-state index in [1.54, 1.807) is 6.92 Å². The van der Waals surface area contributed by atoms with Crippen molar-refractivity contribution in [3.05, 3.63) is 47.0 Å². The standard InChI is InChI=1S/C25H21F5N4O7S2/c1-12-17-11-16(32-34(17)5-4-33(12)24(35)36)21-20(19-15(27)9-13(26)10-18(19)40-7-6-39-2)22-14(3-8-42-22)23(31-21)41-43(37,38)25(28,29)30/h3,8-12H,4-7H2,1-2H3,(H,35,36)/t12-/m1/s1. The SMILES string of the molecule is COCCOc1cc(F)cc(F)c1-c1c(-c2cc3n(n2)CCN(C(=O)O)[C@@H]3C)nc(OS(=O)(=O)C(F)(F)F)c2ccsc12. The number of halogens is 5. The fourth-order valence-electron chi connectivity index (χ4n) is 4.65. The molecule has 1 amide bonds. The van der Waals surface area contributed by atoms with Gasteiger partial charge in [0.1, 0.15) is 35.4 Å². The topological polar surface area (TPSA) is 133 Å². The molecule has 1 aliphatic heterocycles. The van der Waals surface area contributed by atoms with Gasteiger partial charge in [0.2, 0.25) is 5.88 Å². The van der Waals surface area contributed by atoms with E-state index in [1.807, 2.05) is 0 Å². The van der Waals surface area contributed by atoms with Crippen LogP contribution in [0.25, 0.3) is 32.6 Å². The predicted octanol–water partition coefficient (Wildman–Crippen LogP) is 5.41. The third kappa shape index (κ3) is 5.56. The van der Waals surface area contributed by atoms with E-state index >= 15 is 4.39 Å². The van der Waals surface area contributed by atoms with Crippen molar-refractivity contribution in [1.29, 1.82) is 0 Å². The molecule has 1 aliphatic rings. The summed E-state index contributed by atoms with van der Waals surface area (Å²) in [6, 6.07) is 3.41. The molecule has 4 heterocycles. The number of aromatic nitrogens is 3. The van der Waals surface area contributed by atoms with Gasteiger partial charge in [-0.05, 0) is 24.4 Å². The summed E-state index contributed by atoms with van der Waals surface area (Å²) in [6.07, 6.45) is -1.19. The molecular formula is C25H21F5N4O7S2. The molecule has 0 bridgehead atoms. The van der Waals surface area contributed by atoms with Crippen molar-refractivity contribution >= 4 is 37.6 Å². The number of nitrogens with zero attached hydrogens (tertiary/aromatic N) is 4. The number of hydrogen-bond donors (Lipinski definition) is 1. The summed E-state index contributed by atoms with van der Waals surface area (Å²) in [5.74, 6) is -3.35. The Morgan fingerprint density at radius 2 is 1.91 bits per heavy atom. The van der Waals surface area contributed by atoms with Crippen LogP contribution in [-0.4, -0.2) is 71.7 Å². The highest BCUT2D eigenvalue weighted by molar-refractivity contribution is 7.88. The average Bonchev–Trinajstić information content (AvgIpc) is 3.57. The van der Waals surface area contributed by atoms with Crippen molar-refractivity contribution in [3.63, 3.8) is 0 Å². The van der Waals surface area contributed by atoms with Crippen LogP contribution < -0.4 is 8.92 Å². The van der Waals surface area contributed by atoms with Crippen LogP contribution in [0.3, 0.4) is 0 Å². The van der Waals surface area contributed by atoms with Gasteiger partial charge >= 0.3 is 21.7 Å². The number of hydrogen-bond acceptors (Lipinski definition) is 9. The second-order valence-electron chi connectivity index (χ2n) is 9.22. The van der Waals surface area contributed by atoms with Crippen LogP contribution >= 0.6 is 11.3 Å². The van der Waals surface area contributed by atoms with Gasteiger partial charge in [-0.1, -0.05) is 0 Å². The Balaban J connectivity index is 1.81. The minimum absolute atomic E-state index is 0.0330. The number of fused-ring (bicyclic) bond motifs is 2. The first kappa shape index (κ1) is 30.4. The molecule has 0 spiro atoms. The first-order valence-corrected chi connectivity index (χ1v) is 14.6. The van der Waals surface area contributed by atoms with E-state index in [4.69, 9.17) is 9.47 Å². The van der Waals surface area contributed by atoms with Gasteiger partial charge in [0.05, 0.1) is 40.5 Å². The quantitative estimate of drug-likeness (QED) is 0.115. The Labute approximate surface area is 244 Å². The Bertz CT molecular complexity index is 1820. The average molecular weight is 649 g/mol. The van der Waals surface area contributed by atoms with Crippen LogP contribution in [0.4, 0.5) is 26.7 Å². The third-order valence-electron chi connectivity index (χ3n) is 6.61. The maximum atomic E-state index is 15.6. The molecule has 11 nitrogen and oxygen atoms in total. The maximum absolute atomic E-state index is 15.6. The molecule has 5 rings (SSSR count). The zero-order valence-electron chi connectivity index (χ0n) is 22.2. The normalized spacial score (nSPS) is 15.5. The smallest absolute Gasteiger partial charge is 0.490 e. The summed E-state index contributed by atoms with van der Waals surface area (Å²) in [7, 11) is -4.80. The highest BCUT2D eigenvalue weighted by atomic mass is 32.2. The largest absolute Gasteiger partial charge is 0.534 e. The number of carboxylic acid groups (broad SMARTS) is 1. The van der Waals surface area contributed by atoms with Crippen molar-refractivity contribution < 1.29 is 53.9 Å². The molecule has 0 saturated heterocycles. The lowest BCUT2D eigenvalue weighted by Crippen LogP contribution is -2.40. The van der Waals surface area contributed by atoms with Crippen molar-refractivity contribution in [2.75, 3.05) is 26.9 Å². The maximum Gasteiger partial charge on any atom is 0.534 e. The molecular weight excluding hydrogens is 627 g/mol. The second-order valence-corrected chi connectivity index (χ2v) is 11.7. The van der Waals surface area contributed by atoms with E-state index in [-0.39, 0.29) is 64.7 Å². The molecule has 1 aromatic carbocycles. The third-order valence-corrected chi connectivity index (χ3v) is 8.48. The summed E-state index contributed by atoms with van der Waals surface area (Å²) in [5.41, 5.74) is -6.22. The lowest BCUT2D eigenvalue weighted by Gasteiger charge is -2.31. The zero-order valence-corrected chi connectivity index (χ0v) is 23.8. The molecule has 1 atom stereocenters. The van der Waals surface area contributed by atoms with E-state index in [0.717, 1.165) is 22.3 Å². The fourth-order valence-corrected chi connectivity index (χ4v) is 6.02. The van der Waals surface area contributed by atoms with Crippen LogP contribution in [0.1, 0.15) is 18.7 Å². The molecule has 0 aliphatic carbocycles. The number of pyridine rings is 1. The summed E-state index contributed by atoms with van der Waals surface area (Å²) < 4.78 is 110. The minimum Gasteiger partial charge on any atom is -0.490 e. The molecule has 0 saturated carbocycles. The van der Waals surface area contributed by atoms with Gasteiger partial charge < -0.3 is 18.8 Å². The summed E-state index contributed by atoms with van der Waals surface area (Å²) >= 11 is 0.898. The number of ether oxygens (including phenoxy) is 2. The number of carbonyl (C=O) groups is 1. The Hall–Kier alpha value is -4.03. The first-order chi connectivity index (χ1) is 20.2. The molecule has 0 radical (unpaired) electrons. The fraction of sp³-hybridized carbons (Fsp3) is 0.320. The van der Waals surface area contributed by atoms with Crippen molar-refractivity contribution in [2.45, 2.75) is 25.0 Å². The lowest BCUT2D eigenvalue weighted by molar-refractivity contribution is -0.0500. The first-order valence-electron chi connectivity index (χ1n) is 12.3. The number of thiophene rings is 1. The Kier molecular flexibility index (Phi) is 7.95. The summed E-state index contributed by atoms with van der Waals surface area (Å²) in [4.78, 5) is 16.9. The van der Waals surface area contributed by atoms with Gasteiger partial charge in [-0.15, -0.1) is 11.3 Å². The van der Waals surface area contributed by atoms with E-state index in [1.165, 1.54) is 29.3 Å². The molecule has 43 heavy (non-hydrogen) atoms. The molecule has 4 aromatic rings. The van der Waals surface area contributed by atoms with Crippen LogP contribution in [-0.2, 0) is 21.4 Å². The minimum atomic E-state index is -6.18. The second kappa shape index (κ2) is 11.2. The van der Waals surface area contributed by atoms with E-state index in [9.17, 15) is 35.9 Å². The zero-order chi connectivity index (χ0) is 31.3. The van der Waals surface area contributed by atoms with Gasteiger partial charge in [-0.25, -0.2) is 18.6 Å². The van der Waals surface area contributed by atoms with E-state index in [2.05, 4.69) is 14.3 Å². The number of alkyl halides is 3. The molecule has 18 heteroatoms. The van der Waals surface area contributed by atoms with Crippen molar-refractivity contribution in [3.8, 4) is 34.1 Å². The van der Waals surface area contributed by atoms with Gasteiger partial charge in [0.15, 0.2) is 0 Å². The van der Waals surface area contributed by atoms with Crippen molar-refractivity contribution in [1.82, 2.24) is 19.7 Å². The van der Waals surface area contributed by atoms with Gasteiger partial charge in [-0.2, -0.15) is 26.7 Å². The van der Waals surface area contributed by atoms with Gasteiger partial charge in [0.25, 0.3) is 0 Å². The van der Waals surface area contributed by atoms with E-state index in [0.29, 0.717) is 11.8 Å². The molecule has 3 aromatic heterocycles. The molecule has 0 fully saturated rings. The Morgan fingerprint density at radius 3 is 2.58 bits per heavy atom. The number of benzene rings is 1. The van der Waals surface area contributed by atoms with Crippen molar-refractivity contribution in [2.24, 2.45) is 0 Å². The number of amides is 1. The van der Waals surface area contributed by atoms with Gasteiger partial charge in [-0.3, -0.25) is 9.58 Å². The highest BCUT2D eigenvalue weighted by Gasteiger charge is 2.49. The molecule has 1 N–H and O–H groups in total. The molecule has 230 valence electrons. The molecule has 0 unspecified atom stereocenters. The Morgan fingerprint density at radius 1 is 1.16 bits per heavy atom. The summed E-state index contributed by atoms with van der Waals surface area (Å²) in [6.45, 7) is 1.68. The van der Waals surface area contributed by atoms with E-state index < -0.39 is 45.3 Å². The number of methoxy groups -OCH3 is 1. The van der Waals surface area contributed by atoms with Crippen LogP contribution in [0.5, 0.6) is 11.6 Å². The van der Waals surface area contributed by atoms with Crippen LogP contribution in [0, 0.1) is 11.6 Å². The van der Waals surface area contributed by atoms with Gasteiger partial charge in [0, 0.05) is 31.4 Å². The summed E-state index contributed by atoms with van der Waals surface area (Å²) in [5, 5.41) is 15.2. The predicted molar refractivity (Wildman–Crippen MR) is 142 cm³/mol. The van der Waals surface area contributed by atoms with Crippen LogP contribution in [0.2, 0.25) is 0 Å². The van der Waals surface area contributed by atoms with Crippen LogP contribution in [0.15, 0.2) is 29.6 Å².